The van der Waals surface area contributed by atoms with Crippen molar-refractivity contribution < 1.29 is 25.2 Å². The predicted octanol–water partition coefficient (Wildman–Crippen LogP) is 0.420. The molecule has 15 heteroatoms. The van der Waals surface area contributed by atoms with Gasteiger partial charge in [0.15, 0.2) is 0 Å². The van der Waals surface area contributed by atoms with E-state index in [4.69, 9.17) is 4.74 Å². The molecule has 346 valence electrons. The first kappa shape index (κ1) is 64.5. The fraction of sp³-hybridized carbons (Fsp3) is 1.00. The molecule has 0 aromatic heterocycles. The first-order chi connectivity index (χ1) is 26.1. The van der Waals surface area contributed by atoms with Crippen molar-refractivity contribution in [1.29, 1.82) is 0 Å². The van der Waals surface area contributed by atoms with Gasteiger partial charge < -0.3 is 78.3 Å². The van der Waals surface area contributed by atoms with Crippen LogP contribution in [0.25, 0.3) is 0 Å². The van der Waals surface area contributed by atoms with Gasteiger partial charge in [-0.05, 0) is 172 Å². The average Bonchev–Trinajstić information content (AvgIpc) is 3.21. The van der Waals surface area contributed by atoms with Crippen molar-refractivity contribution in [3.05, 3.63) is 0 Å². The Bertz CT molecular complexity index is 688. The van der Waals surface area contributed by atoms with Gasteiger partial charge in [0.05, 0.1) is 30.5 Å². The second-order valence-electron chi connectivity index (χ2n) is 15.6. The summed E-state index contributed by atoms with van der Waals surface area (Å²) in [5, 5.41) is 68.9. The molecular formula is C41H102N10O5. The Labute approximate surface area is 347 Å². The van der Waals surface area contributed by atoms with Gasteiger partial charge in [-0.25, -0.2) is 0 Å². The van der Waals surface area contributed by atoms with Crippen molar-refractivity contribution in [2.45, 2.75) is 192 Å². The lowest BCUT2D eigenvalue weighted by molar-refractivity contribution is 0.0626. The van der Waals surface area contributed by atoms with Crippen LogP contribution in [0.2, 0.25) is 0 Å². The van der Waals surface area contributed by atoms with Crippen LogP contribution in [0.1, 0.15) is 101 Å². The van der Waals surface area contributed by atoms with E-state index < -0.39 is 0 Å². The molecule has 0 amide bonds. The number of rotatable bonds is 26. The Balaban J connectivity index is -0.000000194. The number of likely N-dealkylation sites (N-methyl/N-ethyl adjacent to an activating group) is 5. The Hall–Kier alpha value is -0.600. The van der Waals surface area contributed by atoms with E-state index in [0.717, 1.165) is 32.1 Å². The lowest BCUT2D eigenvalue weighted by atomic mass is 10.1. The van der Waals surface area contributed by atoms with Gasteiger partial charge in [-0.3, -0.25) is 0 Å². The summed E-state index contributed by atoms with van der Waals surface area (Å²) in [4.78, 5) is 0. The summed E-state index contributed by atoms with van der Waals surface area (Å²) in [6.45, 7) is 20.5. The van der Waals surface area contributed by atoms with Crippen LogP contribution < -0.4 is 53.2 Å². The fourth-order valence-corrected chi connectivity index (χ4v) is 4.66. The lowest BCUT2D eigenvalue weighted by Crippen LogP contribution is -2.40. The van der Waals surface area contributed by atoms with Crippen molar-refractivity contribution in [3.63, 3.8) is 0 Å². The van der Waals surface area contributed by atoms with Gasteiger partial charge in [-0.15, -0.1) is 0 Å². The summed E-state index contributed by atoms with van der Waals surface area (Å²) in [7, 11) is 20.8. The number of nitrogens with one attached hydrogen (secondary N) is 10. The molecular weight excluding hydrogens is 713 g/mol. The summed E-state index contributed by atoms with van der Waals surface area (Å²) in [6, 6.07) is 3.10. The Kier molecular flexibility index (Phi) is 49.0. The molecule has 15 atom stereocenters. The van der Waals surface area contributed by atoms with E-state index in [-0.39, 0.29) is 54.7 Å². The summed E-state index contributed by atoms with van der Waals surface area (Å²) in [5.74, 6) is 0. The second-order valence-corrected chi connectivity index (χ2v) is 15.6. The highest BCUT2D eigenvalue weighted by atomic mass is 16.5. The highest BCUT2D eigenvalue weighted by Crippen LogP contribution is 2.06. The van der Waals surface area contributed by atoms with E-state index in [0.29, 0.717) is 36.3 Å². The molecule has 0 aromatic carbocycles. The normalized spacial score (nSPS) is 19.2. The van der Waals surface area contributed by atoms with E-state index in [1.54, 1.807) is 7.11 Å². The van der Waals surface area contributed by atoms with Crippen molar-refractivity contribution in [2.75, 3.05) is 77.6 Å². The largest absolute Gasteiger partial charge is 0.391 e. The van der Waals surface area contributed by atoms with Gasteiger partial charge in [-0.2, -0.15) is 0 Å². The number of aliphatic hydroxyl groups excluding tert-OH is 4. The molecule has 0 rings (SSSR count). The minimum atomic E-state index is -0.262. The molecule has 0 spiro atoms. The molecule has 0 saturated carbocycles. The van der Waals surface area contributed by atoms with Crippen LogP contribution in [0.15, 0.2) is 0 Å². The van der Waals surface area contributed by atoms with Crippen LogP contribution in [0.4, 0.5) is 0 Å². The van der Waals surface area contributed by atoms with Crippen LogP contribution >= 0.6 is 0 Å². The molecule has 0 aliphatic rings. The molecule has 0 aromatic rings. The van der Waals surface area contributed by atoms with Crippen LogP contribution in [0.3, 0.4) is 0 Å². The third-order valence-corrected chi connectivity index (χ3v) is 10.9. The molecule has 0 fully saturated rings. The molecule has 0 aliphatic heterocycles. The lowest BCUT2D eigenvalue weighted by Gasteiger charge is -2.24. The second kappa shape index (κ2) is 42.5. The zero-order valence-electron chi connectivity index (χ0n) is 40.4. The van der Waals surface area contributed by atoms with Crippen molar-refractivity contribution in [2.24, 2.45) is 0 Å². The van der Waals surface area contributed by atoms with Crippen LogP contribution in [-0.4, -0.2) is 189 Å². The third-order valence-electron chi connectivity index (χ3n) is 10.9. The van der Waals surface area contributed by atoms with Gasteiger partial charge in [0.25, 0.3) is 0 Å². The Morgan fingerprint density at radius 1 is 0.304 bits per heavy atom. The fourth-order valence-electron chi connectivity index (χ4n) is 4.66. The minimum absolute atomic E-state index is 0.172. The number of ether oxygens (including phenoxy) is 1. The van der Waals surface area contributed by atoms with E-state index in [1.165, 1.54) is 0 Å². The average molecular weight is 815 g/mol. The molecule has 56 heavy (non-hydrogen) atoms. The number of hydrogen-bond acceptors (Lipinski definition) is 15. The summed E-state index contributed by atoms with van der Waals surface area (Å²) >= 11 is 0. The quantitative estimate of drug-likeness (QED) is 0.0571. The standard InChI is InChI=1S/C9H22N2O.4C8H20N2O/c1-7(10-3)6-9(12-5)8(2)11-4;4*1-6(9-3)5-8(11)7(2)10-4/h7-11H,6H2,1-5H3;4*6-11H,5H2,1-4H3. The number of methoxy groups -OCH3 is 1. The maximum atomic E-state index is 9.52. The molecule has 0 radical (unpaired) electrons. The van der Waals surface area contributed by atoms with E-state index in [2.05, 4.69) is 94.7 Å². The van der Waals surface area contributed by atoms with Crippen LogP contribution in [-0.2, 0) is 4.74 Å². The van der Waals surface area contributed by atoms with Gasteiger partial charge >= 0.3 is 0 Å². The first-order valence-electron chi connectivity index (χ1n) is 21.1. The summed E-state index contributed by atoms with van der Waals surface area (Å²) < 4.78 is 5.37. The monoisotopic (exact) mass is 815 g/mol. The van der Waals surface area contributed by atoms with Crippen molar-refractivity contribution in [1.82, 2.24) is 53.2 Å². The highest BCUT2D eigenvalue weighted by molar-refractivity contribution is 4.77. The first-order valence-corrected chi connectivity index (χ1v) is 21.1. The van der Waals surface area contributed by atoms with Crippen molar-refractivity contribution in [3.8, 4) is 0 Å². The van der Waals surface area contributed by atoms with E-state index in [9.17, 15) is 20.4 Å². The molecule has 0 saturated heterocycles. The summed E-state index contributed by atoms with van der Waals surface area (Å²) in [6.07, 6.45) is 3.44. The highest BCUT2D eigenvalue weighted by Gasteiger charge is 2.18. The molecule has 15 unspecified atom stereocenters. The molecule has 0 aliphatic carbocycles. The van der Waals surface area contributed by atoms with Gasteiger partial charge in [0.2, 0.25) is 0 Å². The Morgan fingerprint density at radius 3 is 0.625 bits per heavy atom. The van der Waals surface area contributed by atoms with Crippen molar-refractivity contribution >= 4 is 0 Å². The maximum absolute atomic E-state index is 9.52. The van der Waals surface area contributed by atoms with Crippen LogP contribution in [0.5, 0.6) is 0 Å². The smallest absolute Gasteiger partial charge is 0.0736 e. The van der Waals surface area contributed by atoms with Gasteiger partial charge in [-0.1, -0.05) is 0 Å². The Morgan fingerprint density at radius 2 is 0.482 bits per heavy atom. The van der Waals surface area contributed by atoms with Gasteiger partial charge in [0, 0.05) is 67.5 Å². The zero-order valence-corrected chi connectivity index (χ0v) is 40.4. The molecule has 15 nitrogen and oxygen atoms in total. The maximum Gasteiger partial charge on any atom is 0.0736 e. The summed E-state index contributed by atoms with van der Waals surface area (Å²) in [5.41, 5.74) is 0. The minimum Gasteiger partial charge on any atom is -0.391 e. The number of hydrogen-bond donors (Lipinski definition) is 14. The topological polar surface area (TPSA) is 210 Å². The van der Waals surface area contributed by atoms with E-state index in [1.807, 2.05) is 98.2 Å². The molecule has 0 bridgehead atoms. The predicted molar refractivity (Wildman–Crippen MR) is 243 cm³/mol. The van der Waals surface area contributed by atoms with E-state index >= 15 is 0 Å². The zero-order chi connectivity index (χ0) is 45.0. The molecule has 14 N–H and O–H groups in total. The molecule has 0 heterocycles. The van der Waals surface area contributed by atoms with Crippen LogP contribution in [0, 0.1) is 0 Å². The third kappa shape index (κ3) is 38.9. The van der Waals surface area contributed by atoms with Gasteiger partial charge in [0.1, 0.15) is 0 Å². The SMILES string of the molecule is CNC(C)CC(O)C(C)NC.CNC(C)CC(O)C(C)NC.CNC(C)CC(O)C(C)NC.CNC(C)CC(O)C(C)NC.CNC(C)CC(OC)C(C)NC. The number of aliphatic hydroxyl groups is 4.